The number of rotatable bonds is 2. The van der Waals surface area contributed by atoms with Gasteiger partial charge in [-0.1, -0.05) is 18.2 Å². The van der Waals surface area contributed by atoms with Crippen molar-refractivity contribution in [3.8, 4) is 0 Å². The molecule has 2 aromatic rings. The van der Waals surface area contributed by atoms with E-state index >= 15 is 0 Å². The second-order valence-electron chi connectivity index (χ2n) is 4.48. The summed E-state index contributed by atoms with van der Waals surface area (Å²) >= 11 is 0. The molecule has 4 nitrogen and oxygen atoms in total. The molecule has 0 fully saturated rings. The lowest BCUT2D eigenvalue weighted by molar-refractivity contribution is 0.0963. The molecule has 1 N–H and O–H groups in total. The van der Waals surface area contributed by atoms with Gasteiger partial charge in [-0.2, -0.15) is 0 Å². The summed E-state index contributed by atoms with van der Waals surface area (Å²) in [6.45, 7) is 0.861. The van der Waals surface area contributed by atoms with Gasteiger partial charge in [0, 0.05) is 25.5 Å². The molecule has 1 amide bonds. The Morgan fingerprint density at radius 3 is 2.95 bits per heavy atom. The molecular weight excluding hydrogens is 238 g/mol. The molecule has 0 radical (unpaired) electrons. The lowest BCUT2D eigenvalue weighted by Gasteiger charge is -2.20. The zero-order valence-corrected chi connectivity index (χ0v) is 10.8. The third kappa shape index (κ3) is 1.95. The van der Waals surface area contributed by atoms with Crippen LogP contribution in [0.2, 0.25) is 0 Å². The quantitative estimate of drug-likeness (QED) is 0.891. The zero-order chi connectivity index (χ0) is 13.2. The number of aromatic nitrogens is 1. The summed E-state index contributed by atoms with van der Waals surface area (Å²) in [7, 11) is 1.64. The third-order valence-corrected chi connectivity index (χ3v) is 3.40. The monoisotopic (exact) mass is 253 g/mol. The van der Waals surface area contributed by atoms with E-state index in [2.05, 4.69) is 27.3 Å². The zero-order valence-electron chi connectivity index (χ0n) is 10.8. The summed E-state index contributed by atoms with van der Waals surface area (Å²) in [6, 6.07) is 11.8. The Morgan fingerprint density at radius 1 is 1.26 bits per heavy atom. The SMILES string of the molecule is CNC(=O)c1cccnc1N1CCc2ccccc21. The van der Waals surface area contributed by atoms with Gasteiger partial charge in [0.25, 0.3) is 5.91 Å². The largest absolute Gasteiger partial charge is 0.355 e. The maximum atomic E-state index is 11.9. The van der Waals surface area contributed by atoms with Crippen LogP contribution in [0.15, 0.2) is 42.6 Å². The topological polar surface area (TPSA) is 45.2 Å². The molecule has 1 aromatic heterocycles. The summed E-state index contributed by atoms with van der Waals surface area (Å²) in [6.07, 6.45) is 2.71. The van der Waals surface area contributed by atoms with Gasteiger partial charge in [0.05, 0.1) is 5.56 Å². The van der Waals surface area contributed by atoms with Gasteiger partial charge in [-0.15, -0.1) is 0 Å². The van der Waals surface area contributed by atoms with Crippen LogP contribution in [0, 0.1) is 0 Å². The normalized spacial score (nSPS) is 13.2. The molecule has 4 heteroatoms. The molecule has 1 aromatic carbocycles. The molecule has 2 heterocycles. The minimum atomic E-state index is -0.104. The fraction of sp³-hybridized carbons (Fsp3) is 0.200. The average Bonchev–Trinajstić information content (AvgIpc) is 2.90. The summed E-state index contributed by atoms with van der Waals surface area (Å²) < 4.78 is 0. The van der Waals surface area contributed by atoms with E-state index in [9.17, 15) is 4.79 Å². The van der Waals surface area contributed by atoms with E-state index in [4.69, 9.17) is 0 Å². The minimum absolute atomic E-state index is 0.104. The lowest BCUT2D eigenvalue weighted by atomic mass is 10.2. The Labute approximate surface area is 112 Å². The number of pyridine rings is 1. The number of hydrogen-bond acceptors (Lipinski definition) is 3. The smallest absolute Gasteiger partial charge is 0.254 e. The number of fused-ring (bicyclic) bond motifs is 1. The first-order valence-corrected chi connectivity index (χ1v) is 6.34. The van der Waals surface area contributed by atoms with Crippen molar-refractivity contribution in [3.63, 3.8) is 0 Å². The van der Waals surface area contributed by atoms with Crippen molar-refractivity contribution in [2.45, 2.75) is 6.42 Å². The Hall–Kier alpha value is -2.36. The summed E-state index contributed by atoms with van der Waals surface area (Å²) in [5, 5.41) is 2.66. The van der Waals surface area contributed by atoms with Crippen LogP contribution in [0.25, 0.3) is 0 Å². The molecule has 0 bridgehead atoms. The molecule has 0 aliphatic carbocycles. The van der Waals surface area contributed by atoms with Crippen molar-refractivity contribution >= 4 is 17.4 Å². The Kier molecular flexibility index (Phi) is 2.91. The number of carbonyl (C=O) groups is 1. The molecule has 19 heavy (non-hydrogen) atoms. The van der Waals surface area contributed by atoms with E-state index in [-0.39, 0.29) is 5.91 Å². The lowest BCUT2D eigenvalue weighted by Crippen LogP contribution is -2.24. The average molecular weight is 253 g/mol. The predicted molar refractivity (Wildman–Crippen MR) is 74.8 cm³/mol. The van der Waals surface area contributed by atoms with Crippen LogP contribution >= 0.6 is 0 Å². The molecule has 3 rings (SSSR count). The van der Waals surface area contributed by atoms with Gasteiger partial charge < -0.3 is 10.2 Å². The maximum absolute atomic E-state index is 11.9. The molecule has 0 spiro atoms. The highest BCUT2D eigenvalue weighted by atomic mass is 16.1. The fourth-order valence-electron chi connectivity index (χ4n) is 2.48. The number of benzene rings is 1. The Morgan fingerprint density at radius 2 is 2.11 bits per heavy atom. The minimum Gasteiger partial charge on any atom is -0.355 e. The molecule has 1 aliphatic rings. The number of amides is 1. The molecule has 0 unspecified atom stereocenters. The first-order valence-electron chi connectivity index (χ1n) is 6.34. The van der Waals surface area contributed by atoms with Gasteiger partial charge >= 0.3 is 0 Å². The highest BCUT2D eigenvalue weighted by Crippen LogP contribution is 2.34. The van der Waals surface area contributed by atoms with E-state index in [0.29, 0.717) is 5.56 Å². The number of carbonyl (C=O) groups excluding carboxylic acids is 1. The van der Waals surface area contributed by atoms with Crippen molar-refractivity contribution in [1.82, 2.24) is 10.3 Å². The van der Waals surface area contributed by atoms with Crippen LogP contribution in [-0.4, -0.2) is 24.5 Å². The van der Waals surface area contributed by atoms with Crippen LogP contribution in [0.1, 0.15) is 15.9 Å². The number of hydrogen-bond donors (Lipinski definition) is 1. The molecule has 1 aliphatic heterocycles. The second-order valence-corrected chi connectivity index (χ2v) is 4.48. The van der Waals surface area contributed by atoms with Crippen LogP contribution in [0.5, 0.6) is 0 Å². The standard InChI is InChI=1S/C15H15N3O/c1-16-15(19)12-6-4-9-17-14(12)18-10-8-11-5-2-3-7-13(11)18/h2-7,9H,8,10H2,1H3,(H,16,19). The first kappa shape index (κ1) is 11.7. The number of para-hydroxylation sites is 1. The van der Waals surface area contributed by atoms with Crippen molar-refractivity contribution in [2.24, 2.45) is 0 Å². The third-order valence-electron chi connectivity index (χ3n) is 3.40. The highest BCUT2D eigenvalue weighted by molar-refractivity contribution is 5.99. The number of nitrogens with one attached hydrogen (secondary N) is 1. The fourth-order valence-corrected chi connectivity index (χ4v) is 2.48. The van der Waals surface area contributed by atoms with Crippen LogP contribution in [-0.2, 0) is 6.42 Å². The Bertz CT molecular complexity index is 624. The van der Waals surface area contributed by atoms with Crippen LogP contribution in [0.4, 0.5) is 11.5 Å². The van der Waals surface area contributed by atoms with Gasteiger partial charge in [-0.3, -0.25) is 4.79 Å². The van der Waals surface area contributed by atoms with Gasteiger partial charge in [0.1, 0.15) is 5.82 Å². The van der Waals surface area contributed by atoms with Crippen molar-refractivity contribution in [3.05, 3.63) is 53.7 Å². The highest BCUT2D eigenvalue weighted by Gasteiger charge is 2.24. The maximum Gasteiger partial charge on any atom is 0.254 e. The number of nitrogens with zero attached hydrogens (tertiary/aromatic N) is 2. The van der Waals surface area contributed by atoms with E-state index in [0.717, 1.165) is 24.5 Å². The summed E-state index contributed by atoms with van der Waals surface area (Å²) in [5.41, 5.74) is 3.06. The predicted octanol–water partition coefficient (Wildman–Crippen LogP) is 2.14. The summed E-state index contributed by atoms with van der Waals surface area (Å²) in [5.74, 6) is 0.624. The van der Waals surface area contributed by atoms with Crippen molar-refractivity contribution in [2.75, 3.05) is 18.5 Å². The van der Waals surface area contributed by atoms with Gasteiger partial charge in [0.2, 0.25) is 0 Å². The molecule has 96 valence electrons. The summed E-state index contributed by atoms with van der Waals surface area (Å²) in [4.78, 5) is 18.4. The van der Waals surface area contributed by atoms with Crippen LogP contribution in [0.3, 0.4) is 0 Å². The van der Waals surface area contributed by atoms with E-state index in [1.165, 1.54) is 5.56 Å². The molecular formula is C15H15N3O. The second kappa shape index (κ2) is 4.72. The number of anilines is 2. The molecule has 0 atom stereocenters. The van der Waals surface area contributed by atoms with E-state index in [1.54, 1.807) is 19.3 Å². The molecule has 0 saturated carbocycles. The van der Waals surface area contributed by atoms with Gasteiger partial charge in [0.15, 0.2) is 0 Å². The van der Waals surface area contributed by atoms with E-state index in [1.807, 2.05) is 18.2 Å². The van der Waals surface area contributed by atoms with Gasteiger partial charge in [-0.05, 0) is 30.2 Å². The molecule has 0 saturated heterocycles. The van der Waals surface area contributed by atoms with Gasteiger partial charge in [-0.25, -0.2) is 4.98 Å². The van der Waals surface area contributed by atoms with E-state index < -0.39 is 0 Å². The van der Waals surface area contributed by atoms with Crippen LogP contribution < -0.4 is 10.2 Å². The van der Waals surface area contributed by atoms with Crippen molar-refractivity contribution < 1.29 is 4.79 Å². The Balaban J connectivity index is 2.07. The first-order chi connectivity index (χ1) is 9.31. The van der Waals surface area contributed by atoms with Crippen molar-refractivity contribution in [1.29, 1.82) is 0 Å².